The molecule has 0 aromatic rings. The summed E-state index contributed by atoms with van der Waals surface area (Å²) in [7, 11) is 0. The first kappa shape index (κ1) is 11.9. The molecule has 1 saturated heterocycles. The van der Waals surface area contributed by atoms with Crippen LogP contribution in [0, 0.1) is 0 Å². The predicted octanol–water partition coefficient (Wildman–Crippen LogP) is 1.68. The first-order chi connectivity index (χ1) is 6.61. The molecule has 3 nitrogen and oxygen atoms in total. The molecule has 4 heteroatoms. The van der Waals surface area contributed by atoms with Gasteiger partial charge in [-0.1, -0.05) is 6.92 Å². The highest BCUT2D eigenvalue weighted by Gasteiger charge is 2.24. The summed E-state index contributed by atoms with van der Waals surface area (Å²) in [5, 5.41) is 9.21. The van der Waals surface area contributed by atoms with Gasteiger partial charge in [0.1, 0.15) is 0 Å². The van der Waals surface area contributed by atoms with Crippen molar-refractivity contribution in [1.82, 2.24) is 4.90 Å². The van der Waals surface area contributed by atoms with Crippen molar-refractivity contribution in [2.75, 3.05) is 18.8 Å². The Bertz CT molecular complexity index is 199. The van der Waals surface area contributed by atoms with E-state index in [1.165, 1.54) is 5.75 Å². The maximum atomic E-state index is 10.4. The van der Waals surface area contributed by atoms with E-state index in [1.807, 2.05) is 11.8 Å². The number of nitrogens with zero attached hydrogens (tertiary/aromatic N) is 1. The number of aliphatic carboxylic acids is 1. The minimum Gasteiger partial charge on any atom is -0.481 e. The number of hydrogen-bond donors (Lipinski definition) is 1. The number of hydrogen-bond acceptors (Lipinski definition) is 3. The number of carboxylic acid groups (broad SMARTS) is 1. The van der Waals surface area contributed by atoms with Gasteiger partial charge < -0.3 is 5.11 Å². The van der Waals surface area contributed by atoms with Crippen LogP contribution in [0.4, 0.5) is 0 Å². The van der Waals surface area contributed by atoms with Crippen molar-refractivity contribution >= 4 is 17.7 Å². The van der Waals surface area contributed by atoms with E-state index in [1.54, 1.807) is 0 Å². The molecule has 14 heavy (non-hydrogen) atoms. The number of rotatable bonds is 4. The highest BCUT2D eigenvalue weighted by atomic mass is 32.2. The zero-order chi connectivity index (χ0) is 10.6. The Balaban J connectivity index is 2.25. The van der Waals surface area contributed by atoms with E-state index in [0.29, 0.717) is 17.7 Å². The molecular formula is C10H19NO2S. The van der Waals surface area contributed by atoms with Crippen LogP contribution in [0.1, 0.15) is 26.7 Å². The highest BCUT2D eigenvalue weighted by molar-refractivity contribution is 8.00. The summed E-state index contributed by atoms with van der Waals surface area (Å²) in [5.41, 5.74) is 0. The Morgan fingerprint density at radius 3 is 2.93 bits per heavy atom. The third-order valence-corrected chi connectivity index (χ3v) is 4.19. The lowest BCUT2D eigenvalue weighted by molar-refractivity contribution is -0.137. The Labute approximate surface area is 89.9 Å². The lowest BCUT2D eigenvalue weighted by atomic mass is 10.2. The molecule has 1 rings (SSSR count). The minimum absolute atomic E-state index is 0.296. The van der Waals surface area contributed by atoms with Gasteiger partial charge in [-0.3, -0.25) is 9.69 Å². The molecule has 0 aliphatic carbocycles. The fourth-order valence-corrected chi connectivity index (χ4v) is 2.91. The van der Waals surface area contributed by atoms with Crippen LogP contribution in [0.3, 0.4) is 0 Å². The molecule has 1 heterocycles. The van der Waals surface area contributed by atoms with E-state index >= 15 is 0 Å². The van der Waals surface area contributed by atoms with Gasteiger partial charge in [0, 0.05) is 30.0 Å². The summed E-state index contributed by atoms with van der Waals surface area (Å²) in [6.07, 6.45) is 1.07. The summed E-state index contributed by atoms with van der Waals surface area (Å²) >= 11 is 2.01. The molecule has 1 N–H and O–H groups in total. The van der Waals surface area contributed by atoms with Gasteiger partial charge in [-0.05, 0) is 19.9 Å². The molecule has 1 fully saturated rings. The second-order valence-electron chi connectivity index (χ2n) is 3.85. The van der Waals surface area contributed by atoms with Gasteiger partial charge in [0.25, 0.3) is 0 Å². The van der Waals surface area contributed by atoms with Gasteiger partial charge in [0.05, 0.1) is 0 Å². The van der Waals surface area contributed by atoms with E-state index in [2.05, 4.69) is 18.7 Å². The topological polar surface area (TPSA) is 40.5 Å². The first-order valence-electron chi connectivity index (χ1n) is 5.18. The van der Waals surface area contributed by atoms with Crippen molar-refractivity contribution in [2.24, 2.45) is 0 Å². The van der Waals surface area contributed by atoms with Crippen LogP contribution in [0.2, 0.25) is 0 Å². The predicted molar refractivity (Wildman–Crippen MR) is 59.8 cm³/mol. The lowest BCUT2D eigenvalue weighted by Gasteiger charge is -2.37. The molecule has 0 spiro atoms. The third kappa shape index (κ3) is 3.50. The van der Waals surface area contributed by atoms with Crippen LogP contribution in [0.15, 0.2) is 0 Å². The van der Waals surface area contributed by atoms with Crippen LogP contribution in [0.25, 0.3) is 0 Å². The largest absolute Gasteiger partial charge is 0.481 e. The average molecular weight is 217 g/mol. The van der Waals surface area contributed by atoms with Crippen molar-refractivity contribution < 1.29 is 9.90 Å². The zero-order valence-electron chi connectivity index (χ0n) is 8.90. The Morgan fingerprint density at radius 1 is 1.57 bits per heavy atom. The van der Waals surface area contributed by atoms with E-state index in [4.69, 9.17) is 5.11 Å². The SMILES string of the molecule is C[C@@H]1SCCN(CCCC(=O)O)[C@@H]1C. The van der Waals surface area contributed by atoms with E-state index in [0.717, 1.165) is 19.5 Å². The number of thioether (sulfide) groups is 1. The Hall–Kier alpha value is -0.220. The fourth-order valence-electron chi connectivity index (χ4n) is 1.74. The molecule has 1 aliphatic heterocycles. The first-order valence-corrected chi connectivity index (χ1v) is 6.23. The summed E-state index contributed by atoms with van der Waals surface area (Å²) in [4.78, 5) is 12.8. The van der Waals surface area contributed by atoms with Crippen molar-refractivity contribution in [1.29, 1.82) is 0 Å². The molecule has 0 saturated carbocycles. The van der Waals surface area contributed by atoms with E-state index < -0.39 is 5.97 Å². The molecule has 0 aromatic heterocycles. The molecule has 0 radical (unpaired) electrons. The van der Waals surface area contributed by atoms with Gasteiger partial charge in [-0.2, -0.15) is 11.8 Å². The van der Waals surface area contributed by atoms with E-state index in [9.17, 15) is 4.79 Å². The van der Waals surface area contributed by atoms with Crippen LogP contribution >= 0.6 is 11.8 Å². The highest BCUT2D eigenvalue weighted by Crippen LogP contribution is 2.24. The second kappa shape index (κ2) is 5.61. The maximum absolute atomic E-state index is 10.4. The summed E-state index contributed by atoms with van der Waals surface area (Å²) in [5.74, 6) is 0.496. The normalized spacial score (nSPS) is 29.0. The van der Waals surface area contributed by atoms with Crippen LogP contribution < -0.4 is 0 Å². The van der Waals surface area contributed by atoms with Crippen LogP contribution in [-0.2, 0) is 4.79 Å². The van der Waals surface area contributed by atoms with Crippen molar-refractivity contribution in [2.45, 2.75) is 38.0 Å². The Morgan fingerprint density at radius 2 is 2.29 bits per heavy atom. The second-order valence-corrected chi connectivity index (χ2v) is 5.33. The molecular weight excluding hydrogens is 198 g/mol. The zero-order valence-corrected chi connectivity index (χ0v) is 9.72. The molecule has 82 valence electrons. The smallest absolute Gasteiger partial charge is 0.303 e. The van der Waals surface area contributed by atoms with Crippen LogP contribution in [-0.4, -0.2) is 46.1 Å². The van der Waals surface area contributed by atoms with Crippen molar-refractivity contribution in [3.8, 4) is 0 Å². The van der Waals surface area contributed by atoms with Gasteiger partial charge >= 0.3 is 5.97 Å². The summed E-state index contributed by atoms with van der Waals surface area (Å²) < 4.78 is 0. The quantitative estimate of drug-likeness (QED) is 0.778. The molecule has 0 unspecified atom stereocenters. The maximum Gasteiger partial charge on any atom is 0.303 e. The van der Waals surface area contributed by atoms with Gasteiger partial charge in [-0.15, -0.1) is 0 Å². The standard InChI is InChI=1S/C10H19NO2S/c1-8-9(2)14-7-6-11(8)5-3-4-10(12)13/h8-9H,3-7H2,1-2H3,(H,12,13)/t8-,9+/m1/s1. The van der Waals surface area contributed by atoms with Gasteiger partial charge in [0.2, 0.25) is 0 Å². The van der Waals surface area contributed by atoms with E-state index in [-0.39, 0.29) is 0 Å². The molecule has 0 bridgehead atoms. The molecule has 0 amide bonds. The van der Waals surface area contributed by atoms with Crippen LogP contribution in [0.5, 0.6) is 0 Å². The minimum atomic E-state index is -0.683. The summed E-state index contributed by atoms with van der Waals surface area (Å²) in [6.45, 7) is 6.52. The fraction of sp³-hybridized carbons (Fsp3) is 0.900. The monoisotopic (exact) mass is 217 g/mol. The average Bonchev–Trinajstić information content (AvgIpc) is 2.12. The number of carbonyl (C=O) groups is 1. The van der Waals surface area contributed by atoms with Crippen molar-refractivity contribution in [3.63, 3.8) is 0 Å². The Kier molecular flexibility index (Phi) is 4.75. The molecule has 0 aromatic carbocycles. The molecule has 2 atom stereocenters. The lowest BCUT2D eigenvalue weighted by Crippen LogP contribution is -2.45. The third-order valence-electron chi connectivity index (χ3n) is 2.85. The molecule has 1 aliphatic rings. The van der Waals surface area contributed by atoms with Gasteiger partial charge in [0.15, 0.2) is 0 Å². The van der Waals surface area contributed by atoms with Crippen molar-refractivity contribution in [3.05, 3.63) is 0 Å². The van der Waals surface area contributed by atoms with Gasteiger partial charge in [-0.25, -0.2) is 0 Å². The summed E-state index contributed by atoms with van der Waals surface area (Å²) in [6, 6.07) is 0.586. The number of carboxylic acids is 1.